The quantitative estimate of drug-likeness (QED) is 0.777. The fourth-order valence-corrected chi connectivity index (χ4v) is 1.74. The van der Waals surface area contributed by atoms with Gasteiger partial charge in [0.05, 0.1) is 0 Å². The van der Waals surface area contributed by atoms with E-state index in [-0.39, 0.29) is 11.7 Å². The van der Waals surface area contributed by atoms with Crippen LogP contribution in [-0.4, -0.2) is 9.97 Å². The lowest BCUT2D eigenvalue weighted by atomic mass is 10.2. The van der Waals surface area contributed by atoms with Crippen LogP contribution in [0.15, 0.2) is 24.3 Å². The van der Waals surface area contributed by atoms with Gasteiger partial charge in [-0.1, -0.05) is 25.4 Å². The first-order valence-electron chi connectivity index (χ1n) is 5.94. The Kier molecular flexibility index (Phi) is 4.00. The normalized spacial score (nSPS) is 10.8. The predicted molar refractivity (Wildman–Crippen MR) is 72.3 cm³/mol. The van der Waals surface area contributed by atoms with Crippen molar-refractivity contribution in [2.24, 2.45) is 0 Å². The summed E-state index contributed by atoms with van der Waals surface area (Å²) in [6.07, 6.45) is 0. The molecule has 1 aromatic heterocycles. The molecule has 0 saturated carbocycles. The van der Waals surface area contributed by atoms with Crippen molar-refractivity contribution in [2.75, 3.05) is 0 Å². The van der Waals surface area contributed by atoms with Gasteiger partial charge in [0, 0.05) is 12.0 Å². The van der Waals surface area contributed by atoms with Gasteiger partial charge in [0.15, 0.2) is 0 Å². The predicted octanol–water partition coefficient (Wildman–Crippen LogP) is 4.49. The Hall–Kier alpha value is -1.68. The highest BCUT2D eigenvalue weighted by atomic mass is 35.5. The van der Waals surface area contributed by atoms with E-state index in [1.807, 2.05) is 13.8 Å². The monoisotopic (exact) mass is 280 g/mol. The average Bonchev–Trinajstić information content (AvgIpc) is 2.32. The van der Waals surface area contributed by atoms with Crippen molar-refractivity contribution in [3.05, 3.63) is 46.6 Å². The number of hydrogen-bond donors (Lipinski definition) is 0. The SMILES string of the molecule is Cc1cc(F)ccc1Oc1cc(Cl)nc(C(C)C)n1. The van der Waals surface area contributed by atoms with Crippen LogP contribution in [-0.2, 0) is 0 Å². The minimum atomic E-state index is -0.298. The molecule has 0 aliphatic heterocycles. The number of rotatable bonds is 3. The Morgan fingerprint density at radius 1 is 1.21 bits per heavy atom. The van der Waals surface area contributed by atoms with Gasteiger partial charge in [0.25, 0.3) is 0 Å². The summed E-state index contributed by atoms with van der Waals surface area (Å²) in [6, 6.07) is 5.85. The fraction of sp³-hybridized carbons (Fsp3) is 0.286. The lowest BCUT2D eigenvalue weighted by molar-refractivity contribution is 0.452. The second-order valence-corrected chi connectivity index (χ2v) is 4.94. The van der Waals surface area contributed by atoms with E-state index in [0.29, 0.717) is 28.2 Å². The van der Waals surface area contributed by atoms with Crippen LogP contribution >= 0.6 is 11.6 Å². The number of ether oxygens (including phenoxy) is 1. The van der Waals surface area contributed by atoms with Crippen LogP contribution in [0.1, 0.15) is 31.2 Å². The molecule has 0 atom stereocenters. The largest absolute Gasteiger partial charge is 0.439 e. The first kappa shape index (κ1) is 13.7. The molecule has 0 unspecified atom stereocenters. The Balaban J connectivity index is 2.32. The minimum absolute atomic E-state index is 0.148. The smallest absolute Gasteiger partial charge is 0.224 e. The molecule has 0 saturated heterocycles. The Labute approximate surface area is 116 Å². The third-order valence-electron chi connectivity index (χ3n) is 2.56. The molecule has 3 nitrogen and oxygen atoms in total. The maximum Gasteiger partial charge on any atom is 0.224 e. The minimum Gasteiger partial charge on any atom is -0.439 e. The number of hydrogen-bond acceptors (Lipinski definition) is 3. The molecule has 0 fully saturated rings. The second-order valence-electron chi connectivity index (χ2n) is 4.55. The van der Waals surface area contributed by atoms with Gasteiger partial charge in [-0.15, -0.1) is 0 Å². The number of nitrogens with zero attached hydrogens (tertiary/aromatic N) is 2. The summed E-state index contributed by atoms with van der Waals surface area (Å²) in [7, 11) is 0. The van der Waals surface area contributed by atoms with Crippen LogP contribution in [0.2, 0.25) is 5.15 Å². The van der Waals surface area contributed by atoms with Crippen molar-refractivity contribution in [3.63, 3.8) is 0 Å². The Bertz CT molecular complexity index is 602. The zero-order valence-electron chi connectivity index (χ0n) is 10.9. The summed E-state index contributed by atoms with van der Waals surface area (Å²) in [4.78, 5) is 8.41. The molecular formula is C14H14ClFN2O. The summed E-state index contributed by atoms with van der Waals surface area (Å²) in [5.41, 5.74) is 0.695. The zero-order valence-corrected chi connectivity index (χ0v) is 11.7. The molecule has 0 aliphatic rings. The van der Waals surface area contributed by atoms with Crippen molar-refractivity contribution >= 4 is 11.6 Å². The van der Waals surface area contributed by atoms with Crippen molar-refractivity contribution < 1.29 is 9.13 Å². The molecule has 2 rings (SSSR count). The van der Waals surface area contributed by atoms with Crippen LogP contribution in [0.3, 0.4) is 0 Å². The lowest BCUT2D eigenvalue weighted by Crippen LogP contribution is -2.00. The van der Waals surface area contributed by atoms with Gasteiger partial charge in [-0.05, 0) is 30.7 Å². The molecule has 1 heterocycles. The van der Waals surface area contributed by atoms with Gasteiger partial charge >= 0.3 is 0 Å². The number of benzene rings is 1. The van der Waals surface area contributed by atoms with Crippen molar-refractivity contribution in [1.82, 2.24) is 9.97 Å². The van der Waals surface area contributed by atoms with E-state index in [1.54, 1.807) is 13.0 Å². The van der Waals surface area contributed by atoms with E-state index in [4.69, 9.17) is 16.3 Å². The third-order valence-corrected chi connectivity index (χ3v) is 2.75. The van der Waals surface area contributed by atoms with Crippen molar-refractivity contribution in [1.29, 1.82) is 0 Å². The molecule has 0 amide bonds. The maximum atomic E-state index is 13.0. The highest BCUT2D eigenvalue weighted by Crippen LogP contribution is 2.26. The molecule has 1 aromatic carbocycles. The summed E-state index contributed by atoms with van der Waals surface area (Å²) in [5, 5.41) is 0.327. The molecule has 19 heavy (non-hydrogen) atoms. The molecule has 5 heteroatoms. The standard InChI is InChI=1S/C14H14ClFN2O/c1-8(2)14-17-12(15)7-13(18-14)19-11-5-4-10(16)6-9(11)3/h4-8H,1-3H3. The van der Waals surface area contributed by atoms with Crippen molar-refractivity contribution in [3.8, 4) is 11.6 Å². The van der Waals surface area contributed by atoms with E-state index in [9.17, 15) is 4.39 Å². The van der Waals surface area contributed by atoms with Gasteiger partial charge < -0.3 is 4.74 Å². The number of aryl methyl sites for hydroxylation is 1. The van der Waals surface area contributed by atoms with Gasteiger partial charge in [-0.2, -0.15) is 4.98 Å². The summed E-state index contributed by atoms with van der Waals surface area (Å²) >= 11 is 5.93. The first-order chi connectivity index (χ1) is 8.95. The second kappa shape index (κ2) is 5.53. The van der Waals surface area contributed by atoms with Crippen LogP contribution in [0.25, 0.3) is 0 Å². The first-order valence-corrected chi connectivity index (χ1v) is 6.32. The topological polar surface area (TPSA) is 35.0 Å². The van der Waals surface area contributed by atoms with Gasteiger partial charge in [0.1, 0.15) is 22.5 Å². The molecule has 0 N–H and O–H groups in total. The highest BCUT2D eigenvalue weighted by Gasteiger charge is 2.10. The van der Waals surface area contributed by atoms with E-state index in [1.165, 1.54) is 18.2 Å². The summed E-state index contributed by atoms with van der Waals surface area (Å²) < 4.78 is 18.7. The maximum absolute atomic E-state index is 13.0. The molecule has 0 bridgehead atoms. The average molecular weight is 281 g/mol. The van der Waals surface area contributed by atoms with E-state index in [2.05, 4.69) is 9.97 Å². The molecule has 100 valence electrons. The highest BCUT2D eigenvalue weighted by molar-refractivity contribution is 6.29. The third kappa shape index (κ3) is 3.41. The van der Waals surface area contributed by atoms with Crippen molar-refractivity contribution in [2.45, 2.75) is 26.7 Å². The number of aromatic nitrogens is 2. The molecule has 0 spiro atoms. The molecule has 0 aliphatic carbocycles. The van der Waals surface area contributed by atoms with Crippen LogP contribution < -0.4 is 4.74 Å². The van der Waals surface area contributed by atoms with Gasteiger partial charge in [-0.3, -0.25) is 0 Å². The summed E-state index contributed by atoms with van der Waals surface area (Å²) in [6.45, 7) is 5.71. The van der Waals surface area contributed by atoms with E-state index >= 15 is 0 Å². The van der Waals surface area contributed by atoms with E-state index < -0.39 is 0 Å². The Morgan fingerprint density at radius 3 is 2.58 bits per heavy atom. The lowest BCUT2D eigenvalue weighted by Gasteiger charge is -2.10. The number of halogens is 2. The molecule has 2 aromatic rings. The summed E-state index contributed by atoms with van der Waals surface area (Å²) in [5.74, 6) is 1.37. The van der Waals surface area contributed by atoms with E-state index in [0.717, 1.165) is 0 Å². The Morgan fingerprint density at radius 2 is 1.95 bits per heavy atom. The molecular weight excluding hydrogens is 267 g/mol. The van der Waals surface area contributed by atoms with Crippen LogP contribution in [0.4, 0.5) is 4.39 Å². The van der Waals surface area contributed by atoms with Gasteiger partial charge in [-0.25, -0.2) is 9.37 Å². The van der Waals surface area contributed by atoms with Gasteiger partial charge in [0.2, 0.25) is 5.88 Å². The fourth-order valence-electron chi connectivity index (χ4n) is 1.56. The molecule has 0 radical (unpaired) electrons. The van der Waals surface area contributed by atoms with Crippen LogP contribution in [0.5, 0.6) is 11.6 Å². The van der Waals surface area contributed by atoms with Crippen LogP contribution in [0, 0.1) is 12.7 Å². The zero-order chi connectivity index (χ0) is 14.0.